The van der Waals surface area contributed by atoms with Crippen molar-refractivity contribution in [2.75, 3.05) is 0 Å². The van der Waals surface area contributed by atoms with Crippen LogP contribution in [0.3, 0.4) is 0 Å². The number of aromatic nitrogens is 2. The highest BCUT2D eigenvalue weighted by molar-refractivity contribution is 6.30. The van der Waals surface area contributed by atoms with Gasteiger partial charge in [-0.3, -0.25) is 4.79 Å². The van der Waals surface area contributed by atoms with Gasteiger partial charge in [-0.05, 0) is 30.5 Å². The summed E-state index contributed by atoms with van der Waals surface area (Å²) in [7, 11) is 0. The van der Waals surface area contributed by atoms with Crippen molar-refractivity contribution in [3.05, 3.63) is 52.1 Å². The van der Waals surface area contributed by atoms with Crippen LogP contribution in [-0.4, -0.2) is 20.6 Å². The molecule has 136 valence electrons. The Morgan fingerprint density at radius 1 is 1.32 bits per heavy atom. The second-order valence-corrected chi connectivity index (χ2v) is 8.00. The van der Waals surface area contributed by atoms with Gasteiger partial charge in [0.25, 0.3) is 0 Å². The lowest BCUT2D eigenvalue weighted by atomic mass is 9.95. The molecule has 0 aliphatic heterocycles. The molecule has 0 amide bonds. The van der Waals surface area contributed by atoms with Crippen molar-refractivity contribution in [2.24, 2.45) is 0 Å². The van der Waals surface area contributed by atoms with E-state index in [1.54, 1.807) is 0 Å². The lowest BCUT2D eigenvalue weighted by molar-refractivity contribution is -0.137. The summed E-state index contributed by atoms with van der Waals surface area (Å²) in [6.07, 6.45) is 1.90. The van der Waals surface area contributed by atoms with Gasteiger partial charge in [-0.25, -0.2) is 4.98 Å². The summed E-state index contributed by atoms with van der Waals surface area (Å²) in [6, 6.07) is 7.81. The molecule has 4 N–H and O–H groups in total. The molecule has 0 fully saturated rings. The maximum absolute atomic E-state index is 11.2. The molecule has 6 heteroatoms. The second kappa shape index (κ2) is 7.18. The molecule has 0 spiro atoms. The maximum Gasteiger partial charge on any atom is 0.304 e. The molecule has 1 aromatic carbocycles. The minimum absolute atomic E-state index is 0. The second-order valence-electron chi connectivity index (χ2n) is 7.56. The quantitative estimate of drug-likeness (QED) is 0.833. The van der Waals surface area contributed by atoms with E-state index < -0.39 is 5.97 Å². The molecular formula is C19H26ClN3O2. The van der Waals surface area contributed by atoms with E-state index in [2.05, 4.69) is 25.3 Å². The first-order valence-electron chi connectivity index (χ1n) is 8.31. The summed E-state index contributed by atoms with van der Waals surface area (Å²) in [5.74, 6) is 0.329. The van der Waals surface area contributed by atoms with Crippen molar-refractivity contribution in [2.45, 2.75) is 57.9 Å². The Labute approximate surface area is 153 Å². The molecule has 1 unspecified atom stereocenters. The lowest BCUT2D eigenvalue weighted by Crippen LogP contribution is -2.22. The van der Waals surface area contributed by atoms with E-state index in [1.165, 1.54) is 0 Å². The summed E-state index contributed by atoms with van der Waals surface area (Å²) in [4.78, 5) is 16.1. The summed E-state index contributed by atoms with van der Waals surface area (Å²) in [5.41, 5.74) is 3.23. The van der Waals surface area contributed by atoms with E-state index >= 15 is 0 Å². The first-order valence-corrected chi connectivity index (χ1v) is 8.69. The number of halogens is 1. The normalized spacial score (nSPS) is 16.4. The van der Waals surface area contributed by atoms with Crippen LogP contribution in [0.25, 0.3) is 0 Å². The summed E-state index contributed by atoms with van der Waals surface area (Å²) in [5, 5.41) is 9.95. The van der Waals surface area contributed by atoms with Crippen molar-refractivity contribution in [1.29, 1.82) is 0 Å². The van der Waals surface area contributed by atoms with Gasteiger partial charge in [0.2, 0.25) is 0 Å². The zero-order valence-electron chi connectivity index (χ0n) is 15.1. The van der Waals surface area contributed by atoms with Crippen molar-refractivity contribution < 1.29 is 9.90 Å². The molecule has 1 aliphatic carbocycles. The number of nitrogens with zero attached hydrogens (tertiary/aromatic N) is 2. The number of carboxylic acid groups (broad SMARTS) is 1. The minimum Gasteiger partial charge on any atom is -0.481 e. The number of aryl methyl sites for hydroxylation is 1. The molecular weight excluding hydrogens is 338 g/mol. The molecule has 1 aromatic heterocycles. The average molecular weight is 364 g/mol. The molecule has 5 nitrogen and oxygen atoms in total. The fraction of sp³-hybridized carbons (Fsp3) is 0.474. The van der Waals surface area contributed by atoms with Crippen LogP contribution in [0.5, 0.6) is 0 Å². The zero-order valence-corrected chi connectivity index (χ0v) is 15.8. The monoisotopic (exact) mass is 363 g/mol. The van der Waals surface area contributed by atoms with Gasteiger partial charge in [-0.1, -0.05) is 44.5 Å². The Morgan fingerprint density at radius 2 is 1.96 bits per heavy atom. The van der Waals surface area contributed by atoms with E-state index in [4.69, 9.17) is 16.6 Å². The largest absolute Gasteiger partial charge is 0.481 e. The predicted molar refractivity (Wildman–Crippen MR) is 99.8 cm³/mol. The SMILES string of the molecule is CC(C)(C)c1nc2c(n1Cc1ccc(Cl)cc1)C(CC(=O)O)CC2.N. The van der Waals surface area contributed by atoms with Crippen molar-refractivity contribution in [3.8, 4) is 0 Å². The van der Waals surface area contributed by atoms with E-state index in [0.29, 0.717) is 6.54 Å². The van der Waals surface area contributed by atoms with Gasteiger partial charge in [0.1, 0.15) is 5.82 Å². The van der Waals surface area contributed by atoms with Crippen LogP contribution in [-0.2, 0) is 23.2 Å². The highest BCUT2D eigenvalue weighted by Crippen LogP contribution is 2.39. The molecule has 25 heavy (non-hydrogen) atoms. The minimum atomic E-state index is -0.746. The highest BCUT2D eigenvalue weighted by atomic mass is 35.5. The summed E-state index contributed by atoms with van der Waals surface area (Å²) >= 11 is 5.99. The lowest BCUT2D eigenvalue weighted by Gasteiger charge is -2.23. The number of hydrogen-bond donors (Lipinski definition) is 2. The molecule has 1 heterocycles. The number of fused-ring (bicyclic) bond motifs is 1. The van der Waals surface area contributed by atoms with Gasteiger partial charge >= 0.3 is 5.97 Å². The third-order valence-corrected chi connectivity index (χ3v) is 4.80. The number of hydrogen-bond acceptors (Lipinski definition) is 3. The van der Waals surface area contributed by atoms with Gasteiger partial charge in [0.05, 0.1) is 12.1 Å². The number of imidazole rings is 1. The van der Waals surface area contributed by atoms with Gasteiger partial charge in [0, 0.05) is 28.6 Å². The van der Waals surface area contributed by atoms with Crippen molar-refractivity contribution >= 4 is 17.6 Å². The Morgan fingerprint density at radius 3 is 2.52 bits per heavy atom. The van der Waals surface area contributed by atoms with Gasteiger partial charge in [-0.2, -0.15) is 0 Å². The molecule has 0 saturated carbocycles. The Hall–Kier alpha value is -1.85. The average Bonchev–Trinajstić information content (AvgIpc) is 3.02. The molecule has 0 saturated heterocycles. The Kier molecular flexibility index (Phi) is 5.59. The fourth-order valence-electron chi connectivity index (χ4n) is 3.52. The fourth-order valence-corrected chi connectivity index (χ4v) is 3.64. The summed E-state index contributed by atoms with van der Waals surface area (Å²) < 4.78 is 2.24. The van der Waals surface area contributed by atoms with Crippen LogP contribution < -0.4 is 6.15 Å². The molecule has 1 atom stereocenters. The zero-order chi connectivity index (χ0) is 17.5. The smallest absolute Gasteiger partial charge is 0.304 e. The number of aliphatic carboxylic acids is 1. The van der Waals surface area contributed by atoms with Gasteiger partial charge in [0.15, 0.2) is 0 Å². The Balaban J connectivity index is 0.00000225. The molecule has 2 aromatic rings. The standard InChI is InChI=1S/C19H23ClN2O2.H3N/c1-19(2,3)18-21-15-9-6-13(10-16(23)24)17(15)22(18)11-12-4-7-14(20)8-5-12;/h4-5,7-8,13H,6,9-11H2,1-3H3,(H,23,24);1H3. The van der Waals surface area contributed by atoms with E-state index in [0.717, 1.165) is 40.6 Å². The van der Waals surface area contributed by atoms with Crippen LogP contribution in [0, 0.1) is 0 Å². The highest BCUT2D eigenvalue weighted by Gasteiger charge is 2.34. The predicted octanol–water partition coefficient (Wildman–Crippen LogP) is 4.55. The molecule has 3 rings (SSSR count). The molecule has 0 radical (unpaired) electrons. The van der Waals surface area contributed by atoms with Gasteiger partial charge in [-0.15, -0.1) is 0 Å². The number of benzene rings is 1. The van der Waals surface area contributed by atoms with Crippen molar-refractivity contribution in [3.63, 3.8) is 0 Å². The third-order valence-electron chi connectivity index (χ3n) is 4.55. The third kappa shape index (κ3) is 4.05. The maximum atomic E-state index is 11.2. The summed E-state index contributed by atoms with van der Waals surface area (Å²) in [6.45, 7) is 7.14. The van der Waals surface area contributed by atoms with Crippen molar-refractivity contribution in [1.82, 2.24) is 15.7 Å². The van der Waals surface area contributed by atoms with E-state index in [1.807, 2.05) is 24.3 Å². The van der Waals surface area contributed by atoms with E-state index in [9.17, 15) is 9.90 Å². The van der Waals surface area contributed by atoms with Crippen LogP contribution in [0.4, 0.5) is 0 Å². The Bertz CT molecular complexity index is 760. The topological polar surface area (TPSA) is 90.1 Å². The van der Waals surface area contributed by atoms with E-state index in [-0.39, 0.29) is 23.9 Å². The van der Waals surface area contributed by atoms with Gasteiger partial charge < -0.3 is 15.8 Å². The van der Waals surface area contributed by atoms with Crippen LogP contribution in [0.1, 0.15) is 62.3 Å². The number of carbonyl (C=O) groups is 1. The van der Waals surface area contributed by atoms with Crippen LogP contribution >= 0.6 is 11.6 Å². The first-order chi connectivity index (χ1) is 11.3. The molecule has 1 aliphatic rings. The molecule has 0 bridgehead atoms. The number of carboxylic acids is 1. The first kappa shape index (κ1) is 19.5. The van der Waals surface area contributed by atoms with Crippen LogP contribution in [0.15, 0.2) is 24.3 Å². The van der Waals surface area contributed by atoms with Crippen LogP contribution in [0.2, 0.25) is 5.02 Å². The number of rotatable bonds is 4.